The lowest BCUT2D eigenvalue weighted by molar-refractivity contribution is -0.137. The molecule has 2 N–H and O–H groups in total. The van der Waals surface area contributed by atoms with Crippen LogP contribution in [-0.2, 0) is 15.7 Å². The minimum atomic E-state index is -4.48. The molecule has 202 valence electrons. The molecule has 0 unspecified atom stereocenters. The van der Waals surface area contributed by atoms with Gasteiger partial charge in [0.25, 0.3) is 0 Å². The number of amides is 1. The number of morpholine rings is 1. The van der Waals surface area contributed by atoms with Crippen LogP contribution in [0.4, 0.5) is 30.4 Å². The van der Waals surface area contributed by atoms with E-state index in [4.69, 9.17) is 21.1 Å². The molecular weight excluding hydrogens is 535 g/mol. The number of carbonyl (C=O) groups excluding carboxylic acids is 1. The second-order valence-corrected chi connectivity index (χ2v) is 9.20. The van der Waals surface area contributed by atoms with Gasteiger partial charge in [-0.15, -0.1) is 0 Å². The Kier molecular flexibility index (Phi) is 7.82. The number of carbonyl (C=O) groups is 1. The van der Waals surface area contributed by atoms with Crippen molar-refractivity contribution in [3.8, 4) is 11.5 Å². The molecule has 0 radical (unpaired) electrons. The molecule has 4 aromatic rings. The number of aromatic nitrogens is 2. The Morgan fingerprint density at radius 1 is 1.03 bits per heavy atom. The zero-order chi connectivity index (χ0) is 27.4. The van der Waals surface area contributed by atoms with Gasteiger partial charge in [0.2, 0.25) is 5.91 Å². The lowest BCUT2D eigenvalue weighted by Crippen LogP contribution is -2.41. The first-order valence-corrected chi connectivity index (χ1v) is 12.4. The molecule has 0 spiro atoms. The summed E-state index contributed by atoms with van der Waals surface area (Å²) in [6.45, 7) is 2.90. The number of benzene rings is 3. The molecule has 2 heterocycles. The molecular formula is C27H23ClF3N5O3. The number of nitrogens with one attached hydrogen (secondary N) is 2. The smallest absolute Gasteiger partial charge is 0.416 e. The van der Waals surface area contributed by atoms with E-state index in [0.717, 1.165) is 12.1 Å². The molecule has 0 bridgehead atoms. The lowest BCUT2D eigenvalue weighted by Gasteiger charge is -2.25. The number of hydrogen-bond acceptors (Lipinski definition) is 7. The molecule has 0 atom stereocenters. The van der Waals surface area contributed by atoms with Crippen LogP contribution in [0.15, 0.2) is 67.0 Å². The topological polar surface area (TPSA) is 88.6 Å². The zero-order valence-corrected chi connectivity index (χ0v) is 21.2. The maximum Gasteiger partial charge on any atom is 0.416 e. The van der Waals surface area contributed by atoms with Crippen LogP contribution in [-0.4, -0.2) is 53.6 Å². The highest BCUT2D eigenvalue weighted by Crippen LogP contribution is 2.36. The number of nitrogens with zero attached hydrogens (tertiary/aromatic N) is 3. The maximum absolute atomic E-state index is 13.0. The van der Waals surface area contributed by atoms with Crippen LogP contribution in [0.3, 0.4) is 0 Å². The first-order chi connectivity index (χ1) is 18.7. The summed E-state index contributed by atoms with van der Waals surface area (Å²) in [5, 5.41) is 6.95. The Labute approximate surface area is 226 Å². The fraction of sp³-hybridized carbons (Fsp3) is 0.222. The second kappa shape index (κ2) is 11.4. The Balaban J connectivity index is 1.31. The van der Waals surface area contributed by atoms with Gasteiger partial charge in [0, 0.05) is 29.9 Å². The number of alkyl halides is 3. The number of ether oxygens (including phenoxy) is 2. The third-order valence-corrected chi connectivity index (χ3v) is 6.27. The van der Waals surface area contributed by atoms with Crippen LogP contribution in [0, 0.1) is 0 Å². The standard InChI is InChI=1S/C27H23ClF3N5O3/c28-22-14-19(5-7-24(22)39-20-3-1-2-17(12-20)27(29,30)31)35-26-21-13-18(4-6-23(21)32-16-33-26)34-25(37)15-36-8-10-38-11-9-36/h1-7,12-14,16H,8-11,15H2,(H,34,37)(H,32,33,35). The Morgan fingerprint density at radius 3 is 2.59 bits per heavy atom. The molecule has 3 aromatic carbocycles. The van der Waals surface area contributed by atoms with E-state index < -0.39 is 11.7 Å². The zero-order valence-electron chi connectivity index (χ0n) is 20.5. The quantitative estimate of drug-likeness (QED) is 0.283. The van der Waals surface area contributed by atoms with Crippen molar-refractivity contribution in [2.45, 2.75) is 6.18 Å². The molecule has 0 aliphatic carbocycles. The van der Waals surface area contributed by atoms with Gasteiger partial charge < -0.3 is 20.1 Å². The van der Waals surface area contributed by atoms with Crippen molar-refractivity contribution in [2.75, 3.05) is 43.5 Å². The number of anilines is 3. The Hall–Kier alpha value is -3.93. The molecule has 1 aliphatic rings. The van der Waals surface area contributed by atoms with Crippen molar-refractivity contribution in [3.05, 3.63) is 77.6 Å². The van der Waals surface area contributed by atoms with E-state index in [1.54, 1.807) is 36.4 Å². The minimum Gasteiger partial charge on any atom is -0.456 e. The first kappa shape index (κ1) is 26.7. The van der Waals surface area contributed by atoms with Gasteiger partial charge in [0.05, 0.1) is 35.9 Å². The van der Waals surface area contributed by atoms with Gasteiger partial charge in [0.15, 0.2) is 0 Å². The molecule has 39 heavy (non-hydrogen) atoms. The summed E-state index contributed by atoms with van der Waals surface area (Å²) in [5.74, 6) is 0.550. The van der Waals surface area contributed by atoms with Crippen LogP contribution in [0.2, 0.25) is 5.02 Å². The lowest BCUT2D eigenvalue weighted by atomic mass is 10.2. The highest BCUT2D eigenvalue weighted by Gasteiger charge is 2.30. The SMILES string of the molecule is O=C(CN1CCOCC1)Nc1ccc2ncnc(Nc3ccc(Oc4cccc(C(F)(F)F)c4)c(Cl)c3)c2c1. The third-order valence-electron chi connectivity index (χ3n) is 5.97. The summed E-state index contributed by atoms with van der Waals surface area (Å²) in [4.78, 5) is 23.2. The molecule has 1 amide bonds. The minimum absolute atomic E-state index is 0.0115. The van der Waals surface area contributed by atoms with E-state index in [2.05, 4.69) is 20.6 Å². The number of hydrogen-bond donors (Lipinski definition) is 2. The van der Waals surface area contributed by atoms with Crippen LogP contribution >= 0.6 is 11.6 Å². The fourth-order valence-corrected chi connectivity index (χ4v) is 4.28. The van der Waals surface area contributed by atoms with Gasteiger partial charge >= 0.3 is 6.18 Å². The molecule has 5 rings (SSSR count). The van der Waals surface area contributed by atoms with Gasteiger partial charge in [-0.25, -0.2) is 9.97 Å². The van der Waals surface area contributed by atoms with Crippen LogP contribution in [0.1, 0.15) is 5.56 Å². The molecule has 1 fully saturated rings. The molecule has 8 nitrogen and oxygen atoms in total. The molecule has 1 saturated heterocycles. The van der Waals surface area contributed by atoms with Crippen molar-refractivity contribution < 1.29 is 27.4 Å². The summed E-state index contributed by atoms with van der Waals surface area (Å²) in [5.41, 5.74) is 1.01. The summed E-state index contributed by atoms with van der Waals surface area (Å²) >= 11 is 6.38. The first-order valence-electron chi connectivity index (χ1n) is 12.0. The van der Waals surface area contributed by atoms with Crippen molar-refractivity contribution in [1.82, 2.24) is 14.9 Å². The van der Waals surface area contributed by atoms with E-state index in [1.165, 1.54) is 18.5 Å². The molecule has 12 heteroatoms. The maximum atomic E-state index is 13.0. The van der Waals surface area contributed by atoms with Crippen LogP contribution in [0.25, 0.3) is 10.9 Å². The third kappa shape index (κ3) is 6.75. The monoisotopic (exact) mass is 557 g/mol. The Morgan fingerprint density at radius 2 is 1.82 bits per heavy atom. The van der Waals surface area contributed by atoms with Crippen LogP contribution in [0.5, 0.6) is 11.5 Å². The van der Waals surface area contributed by atoms with E-state index >= 15 is 0 Å². The van der Waals surface area contributed by atoms with Crippen LogP contribution < -0.4 is 15.4 Å². The highest BCUT2D eigenvalue weighted by atomic mass is 35.5. The fourth-order valence-electron chi connectivity index (χ4n) is 4.06. The highest BCUT2D eigenvalue weighted by molar-refractivity contribution is 6.32. The predicted molar refractivity (Wildman–Crippen MR) is 142 cm³/mol. The summed E-state index contributed by atoms with van der Waals surface area (Å²) in [6.07, 6.45) is -3.07. The summed E-state index contributed by atoms with van der Waals surface area (Å²) in [6, 6.07) is 14.7. The number of rotatable bonds is 7. The van der Waals surface area contributed by atoms with Crippen molar-refractivity contribution in [3.63, 3.8) is 0 Å². The molecule has 0 saturated carbocycles. The van der Waals surface area contributed by atoms with Crippen molar-refractivity contribution in [2.24, 2.45) is 0 Å². The van der Waals surface area contributed by atoms with Crippen molar-refractivity contribution >= 4 is 45.6 Å². The van der Waals surface area contributed by atoms with E-state index in [0.29, 0.717) is 54.4 Å². The number of fused-ring (bicyclic) bond motifs is 1. The summed E-state index contributed by atoms with van der Waals surface area (Å²) in [7, 11) is 0. The van der Waals surface area contributed by atoms with E-state index in [-0.39, 0.29) is 29.0 Å². The predicted octanol–water partition coefficient (Wildman–Crippen LogP) is 6.11. The van der Waals surface area contributed by atoms with Gasteiger partial charge in [-0.05, 0) is 54.6 Å². The average molecular weight is 558 g/mol. The van der Waals surface area contributed by atoms with E-state index in [9.17, 15) is 18.0 Å². The molecule has 1 aromatic heterocycles. The van der Waals surface area contributed by atoms with Gasteiger partial charge in [0.1, 0.15) is 23.6 Å². The largest absolute Gasteiger partial charge is 0.456 e. The molecule has 1 aliphatic heterocycles. The average Bonchev–Trinajstić information content (AvgIpc) is 2.91. The Bertz CT molecular complexity index is 1500. The van der Waals surface area contributed by atoms with E-state index in [1.807, 2.05) is 4.90 Å². The normalized spacial score (nSPS) is 14.3. The van der Waals surface area contributed by atoms with Crippen molar-refractivity contribution in [1.29, 1.82) is 0 Å². The second-order valence-electron chi connectivity index (χ2n) is 8.79. The number of halogens is 4. The van der Waals surface area contributed by atoms with Gasteiger partial charge in [-0.2, -0.15) is 13.2 Å². The van der Waals surface area contributed by atoms with Gasteiger partial charge in [-0.1, -0.05) is 17.7 Å². The van der Waals surface area contributed by atoms with Gasteiger partial charge in [-0.3, -0.25) is 9.69 Å². The summed E-state index contributed by atoms with van der Waals surface area (Å²) < 4.78 is 49.9.